The van der Waals surface area contributed by atoms with Gasteiger partial charge < -0.3 is 0 Å². The minimum atomic E-state index is -0.630. The number of rotatable bonds is 2. The summed E-state index contributed by atoms with van der Waals surface area (Å²) in [4.78, 5) is 2.42. The van der Waals surface area contributed by atoms with Crippen LogP contribution in [0, 0.1) is 5.41 Å². The summed E-state index contributed by atoms with van der Waals surface area (Å²) >= 11 is 0. The number of hydrogen-bond acceptors (Lipinski definition) is 4. The third-order valence-electron chi connectivity index (χ3n) is 3.69. The van der Waals surface area contributed by atoms with Gasteiger partial charge in [-0.3, -0.25) is 14.1 Å². The molecule has 0 aromatic rings. The van der Waals surface area contributed by atoms with E-state index >= 15 is 0 Å². The van der Waals surface area contributed by atoms with E-state index in [0.717, 1.165) is 36.8 Å². The van der Waals surface area contributed by atoms with Gasteiger partial charge in [-0.15, -0.1) is 0 Å². The van der Waals surface area contributed by atoms with Gasteiger partial charge in [0.05, 0.1) is 0 Å². The first kappa shape index (κ1) is 13.7. The molecule has 0 aromatic carbocycles. The quantitative estimate of drug-likeness (QED) is 0.709. The Balaban J connectivity index is 2.21. The molecule has 0 N–H and O–H groups in total. The van der Waals surface area contributed by atoms with Crippen molar-refractivity contribution in [2.45, 2.75) is 26.8 Å². The molecular weight excluding hydrogens is 246 g/mol. The van der Waals surface area contributed by atoms with Gasteiger partial charge in [0.1, 0.15) is 0 Å². The van der Waals surface area contributed by atoms with Crippen LogP contribution in [0.2, 0.25) is 0 Å². The van der Waals surface area contributed by atoms with Crippen LogP contribution >= 0.6 is 0 Å². The molecule has 2 aliphatic heterocycles. The molecule has 0 atom stereocenters. The Morgan fingerprint density at radius 2 is 2.11 bits per heavy atom. The van der Waals surface area contributed by atoms with E-state index in [1.165, 1.54) is 0 Å². The second kappa shape index (κ2) is 5.13. The Hall–Kier alpha value is -0.680. The molecule has 0 unspecified atom stereocenters. The molecule has 0 radical (unpaired) electrons. The summed E-state index contributed by atoms with van der Waals surface area (Å²) in [6.45, 7) is 13.2. The van der Waals surface area contributed by atoms with E-state index in [9.17, 15) is 4.21 Å². The molecule has 0 amide bonds. The molecule has 102 valence electrons. The fraction of sp³-hybridized carbons (Fsp3) is 0.769. The highest BCUT2D eigenvalue weighted by molar-refractivity contribution is 7.86. The van der Waals surface area contributed by atoms with Crippen LogP contribution in [0.5, 0.6) is 0 Å². The first-order chi connectivity index (χ1) is 8.46. The maximum Gasteiger partial charge on any atom is 0.0498 e. The zero-order valence-corrected chi connectivity index (χ0v) is 12.4. The number of nitrogens with zero attached hydrogens (tertiary/aromatic N) is 3. The standard InChI is InChI=1S/C13H23N3OS/c1-5-14-16-8-13(9-18(17)10-13)7-15(11(2)3)6-12(16)4/h5,11H,4,6-10H2,1-3H3/b14-5-. The van der Waals surface area contributed by atoms with Crippen molar-refractivity contribution in [3.8, 4) is 0 Å². The van der Waals surface area contributed by atoms with Crippen molar-refractivity contribution in [1.82, 2.24) is 9.91 Å². The van der Waals surface area contributed by atoms with Crippen LogP contribution in [0.1, 0.15) is 20.8 Å². The van der Waals surface area contributed by atoms with Gasteiger partial charge in [0, 0.05) is 65.3 Å². The summed E-state index contributed by atoms with van der Waals surface area (Å²) < 4.78 is 11.5. The Bertz CT molecular complexity index is 384. The van der Waals surface area contributed by atoms with Crippen LogP contribution in [0.4, 0.5) is 0 Å². The smallest absolute Gasteiger partial charge is 0.0498 e. The van der Waals surface area contributed by atoms with E-state index in [4.69, 9.17) is 0 Å². The van der Waals surface area contributed by atoms with Gasteiger partial charge in [-0.05, 0) is 20.8 Å². The minimum Gasteiger partial charge on any atom is -0.294 e. The lowest BCUT2D eigenvalue weighted by Gasteiger charge is -2.43. The normalized spacial score (nSPS) is 34.3. The Morgan fingerprint density at radius 3 is 2.61 bits per heavy atom. The minimum absolute atomic E-state index is 0.140. The summed E-state index contributed by atoms with van der Waals surface area (Å²) in [5, 5.41) is 6.40. The summed E-state index contributed by atoms with van der Waals surface area (Å²) in [6.07, 6.45) is 1.81. The lowest BCUT2D eigenvalue weighted by Crippen LogP contribution is -2.55. The average Bonchev–Trinajstić information content (AvgIpc) is 2.37. The van der Waals surface area contributed by atoms with Crippen molar-refractivity contribution >= 4 is 17.0 Å². The highest BCUT2D eigenvalue weighted by Crippen LogP contribution is 2.36. The van der Waals surface area contributed by atoms with E-state index in [1.54, 1.807) is 6.21 Å². The van der Waals surface area contributed by atoms with Crippen molar-refractivity contribution < 1.29 is 4.21 Å². The molecular formula is C13H23N3OS. The molecule has 18 heavy (non-hydrogen) atoms. The molecule has 2 heterocycles. The molecule has 1 spiro atoms. The monoisotopic (exact) mass is 269 g/mol. The van der Waals surface area contributed by atoms with Crippen molar-refractivity contribution in [3.63, 3.8) is 0 Å². The van der Waals surface area contributed by atoms with E-state index in [1.807, 2.05) is 11.9 Å². The van der Waals surface area contributed by atoms with Crippen LogP contribution in [-0.2, 0) is 10.8 Å². The molecule has 2 saturated heterocycles. The number of hydrogen-bond donors (Lipinski definition) is 0. The van der Waals surface area contributed by atoms with Gasteiger partial charge in [0.25, 0.3) is 0 Å². The van der Waals surface area contributed by atoms with E-state index in [-0.39, 0.29) is 5.41 Å². The fourth-order valence-electron chi connectivity index (χ4n) is 2.73. The van der Waals surface area contributed by atoms with E-state index in [2.05, 4.69) is 30.4 Å². The van der Waals surface area contributed by atoms with E-state index < -0.39 is 10.8 Å². The fourth-order valence-corrected chi connectivity index (χ4v) is 4.38. The average molecular weight is 269 g/mol. The third kappa shape index (κ3) is 2.67. The van der Waals surface area contributed by atoms with E-state index in [0.29, 0.717) is 6.04 Å². The predicted octanol–water partition coefficient (Wildman–Crippen LogP) is 1.28. The Kier molecular flexibility index (Phi) is 3.92. The topological polar surface area (TPSA) is 35.9 Å². The van der Waals surface area contributed by atoms with Gasteiger partial charge >= 0.3 is 0 Å². The van der Waals surface area contributed by atoms with Gasteiger partial charge in [-0.1, -0.05) is 6.58 Å². The molecule has 2 aliphatic rings. The first-order valence-electron chi connectivity index (χ1n) is 6.49. The molecule has 0 aromatic heterocycles. The van der Waals surface area contributed by atoms with Crippen LogP contribution in [0.3, 0.4) is 0 Å². The Labute approximate surface area is 112 Å². The van der Waals surface area contributed by atoms with Crippen LogP contribution in [0.15, 0.2) is 17.4 Å². The van der Waals surface area contributed by atoms with Crippen LogP contribution in [0.25, 0.3) is 0 Å². The maximum atomic E-state index is 11.5. The zero-order valence-electron chi connectivity index (χ0n) is 11.6. The molecule has 2 rings (SSSR count). The summed E-state index contributed by atoms with van der Waals surface area (Å²) in [5.74, 6) is 1.61. The second-order valence-corrected chi connectivity index (χ2v) is 7.18. The summed E-state index contributed by atoms with van der Waals surface area (Å²) in [5.41, 5.74) is 1.18. The van der Waals surface area contributed by atoms with Gasteiger partial charge in [-0.2, -0.15) is 5.10 Å². The largest absolute Gasteiger partial charge is 0.294 e. The highest BCUT2D eigenvalue weighted by atomic mass is 32.2. The summed E-state index contributed by atoms with van der Waals surface area (Å²) in [7, 11) is -0.630. The molecule has 4 nitrogen and oxygen atoms in total. The van der Waals surface area contributed by atoms with Gasteiger partial charge in [-0.25, -0.2) is 0 Å². The Morgan fingerprint density at radius 1 is 1.44 bits per heavy atom. The first-order valence-corrected chi connectivity index (χ1v) is 7.97. The van der Waals surface area contributed by atoms with Crippen molar-refractivity contribution in [1.29, 1.82) is 0 Å². The zero-order chi connectivity index (χ0) is 13.3. The SMILES string of the molecule is C=C1CN(C(C)C)CC2(CN1/N=C\C)CS(=O)C2. The van der Waals surface area contributed by atoms with Crippen molar-refractivity contribution in [3.05, 3.63) is 12.3 Å². The van der Waals surface area contributed by atoms with Crippen LogP contribution in [-0.4, -0.2) is 57.5 Å². The highest BCUT2D eigenvalue weighted by Gasteiger charge is 2.47. The van der Waals surface area contributed by atoms with Gasteiger partial charge in [0.15, 0.2) is 0 Å². The molecule has 0 saturated carbocycles. The maximum absolute atomic E-state index is 11.5. The van der Waals surface area contributed by atoms with Crippen molar-refractivity contribution in [2.24, 2.45) is 10.5 Å². The van der Waals surface area contributed by atoms with Gasteiger partial charge in [0.2, 0.25) is 0 Å². The predicted molar refractivity (Wildman–Crippen MR) is 77.0 cm³/mol. The lowest BCUT2D eigenvalue weighted by molar-refractivity contribution is 0.159. The molecule has 0 bridgehead atoms. The molecule has 0 aliphatic carbocycles. The molecule has 5 heteroatoms. The second-order valence-electron chi connectivity index (χ2n) is 5.72. The lowest BCUT2D eigenvalue weighted by atomic mass is 9.90. The summed E-state index contributed by atoms with van der Waals surface area (Å²) in [6, 6.07) is 0.484. The van der Waals surface area contributed by atoms with Crippen molar-refractivity contribution in [2.75, 3.05) is 31.1 Å². The molecule has 2 fully saturated rings. The number of hydrazone groups is 1. The third-order valence-corrected chi connectivity index (χ3v) is 5.56. The van der Waals surface area contributed by atoms with Crippen LogP contribution < -0.4 is 0 Å².